The summed E-state index contributed by atoms with van der Waals surface area (Å²) in [5.74, 6) is -10.6. The summed E-state index contributed by atoms with van der Waals surface area (Å²) in [5.41, 5.74) is 1.32. The van der Waals surface area contributed by atoms with Gasteiger partial charge in [-0.1, -0.05) is 12.1 Å². The molecule has 3 aromatic rings. The number of amides is 1. The van der Waals surface area contributed by atoms with Crippen LogP contribution >= 0.6 is 0 Å². The maximum atomic E-state index is 14.6. The summed E-state index contributed by atoms with van der Waals surface area (Å²) >= 11 is 0. The second-order valence-corrected chi connectivity index (χ2v) is 8.90. The quantitative estimate of drug-likeness (QED) is 0.162. The van der Waals surface area contributed by atoms with Crippen molar-refractivity contribution in [1.29, 1.82) is 0 Å². The van der Waals surface area contributed by atoms with Gasteiger partial charge in [0.15, 0.2) is 23.3 Å². The van der Waals surface area contributed by atoms with Crippen LogP contribution in [0, 0.1) is 29.1 Å². The Kier molecular flexibility index (Phi) is 7.59. The van der Waals surface area contributed by atoms with E-state index in [1.54, 1.807) is 12.1 Å². The fourth-order valence-corrected chi connectivity index (χ4v) is 4.52. The number of aromatic nitrogens is 1. The van der Waals surface area contributed by atoms with Crippen molar-refractivity contribution in [3.05, 3.63) is 94.6 Å². The largest absolute Gasteiger partial charge is 0.288 e. The topological polar surface area (TPSA) is 99.6 Å². The Balaban J connectivity index is 2.03. The molecule has 0 fully saturated rings. The number of hydrogen-bond donors (Lipinski definition) is 2. The van der Waals surface area contributed by atoms with Crippen LogP contribution in [0.1, 0.15) is 21.5 Å². The van der Waals surface area contributed by atoms with Crippen LogP contribution in [0.25, 0.3) is 0 Å². The molecule has 1 aromatic heterocycles. The van der Waals surface area contributed by atoms with Gasteiger partial charge in [-0.05, 0) is 30.2 Å². The Labute approximate surface area is 190 Å². The van der Waals surface area contributed by atoms with Gasteiger partial charge in [0.1, 0.15) is 10.7 Å². The number of nitrogens with one attached hydrogen (secondary N) is 1. The molecule has 0 aliphatic carbocycles. The summed E-state index contributed by atoms with van der Waals surface area (Å²) in [7, 11) is -5.00. The monoisotopic (exact) mass is 501 g/mol. The van der Waals surface area contributed by atoms with Crippen molar-refractivity contribution in [2.45, 2.75) is 17.9 Å². The second-order valence-electron chi connectivity index (χ2n) is 7.00. The zero-order valence-electron chi connectivity index (χ0n) is 17.1. The van der Waals surface area contributed by atoms with Crippen LogP contribution in [0.15, 0.2) is 53.7 Å². The lowest BCUT2D eigenvalue weighted by Gasteiger charge is -2.23. The number of hydrogen-bond acceptors (Lipinski definition) is 5. The molecule has 13 heteroatoms. The van der Waals surface area contributed by atoms with E-state index in [2.05, 4.69) is 4.98 Å². The molecule has 7 nitrogen and oxygen atoms in total. The third kappa shape index (κ3) is 5.21. The van der Waals surface area contributed by atoms with Gasteiger partial charge in [0, 0.05) is 42.7 Å². The fourth-order valence-electron chi connectivity index (χ4n) is 3.03. The lowest BCUT2D eigenvalue weighted by atomic mass is 10.1. The van der Waals surface area contributed by atoms with Crippen molar-refractivity contribution in [1.82, 2.24) is 14.8 Å². The van der Waals surface area contributed by atoms with E-state index < -0.39 is 63.0 Å². The van der Waals surface area contributed by atoms with Gasteiger partial charge < -0.3 is 0 Å². The maximum absolute atomic E-state index is 14.6. The molecule has 2 N–H and O–H groups in total. The molecule has 34 heavy (non-hydrogen) atoms. The van der Waals surface area contributed by atoms with Gasteiger partial charge in [-0.2, -0.15) is 4.31 Å². The lowest BCUT2D eigenvalue weighted by molar-refractivity contribution is 0.0706. The Morgan fingerprint density at radius 3 is 2.35 bits per heavy atom. The minimum atomic E-state index is -5.00. The molecule has 2 aromatic carbocycles. The highest BCUT2D eigenvalue weighted by atomic mass is 32.2. The zero-order valence-corrected chi connectivity index (χ0v) is 17.9. The average molecular weight is 501 g/mol. The maximum Gasteiger partial charge on any atom is 0.274 e. The van der Waals surface area contributed by atoms with E-state index in [1.165, 1.54) is 17.9 Å². The van der Waals surface area contributed by atoms with Gasteiger partial charge in [0.25, 0.3) is 5.91 Å². The molecule has 0 aliphatic rings. The molecule has 180 valence electrons. The van der Waals surface area contributed by atoms with E-state index in [1.807, 2.05) is 0 Å². The number of hydroxylamine groups is 1. The highest BCUT2D eigenvalue weighted by Gasteiger charge is 2.32. The first-order valence-corrected chi connectivity index (χ1v) is 10.9. The molecule has 0 unspecified atom stereocenters. The van der Waals surface area contributed by atoms with E-state index in [9.17, 15) is 35.2 Å². The van der Waals surface area contributed by atoms with Crippen molar-refractivity contribution in [2.24, 2.45) is 0 Å². The number of carbonyl (C=O) groups excluding carboxylic acids is 1. The molecule has 0 bridgehead atoms. The van der Waals surface area contributed by atoms with Crippen LogP contribution in [0.4, 0.5) is 22.0 Å². The number of halogens is 5. The van der Waals surface area contributed by atoms with Crippen LogP contribution in [-0.4, -0.2) is 35.4 Å². The van der Waals surface area contributed by atoms with Gasteiger partial charge in [-0.15, -0.1) is 0 Å². The van der Waals surface area contributed by atoms with Crippen molar-refractivity contribution < 1.29 is 40.4 Å². The number of sulfonamides is 1. The molecule has 3 rings (SSSR count). The van der Waals surface area contributed by atoms with Crippen LogP contribution < -0.4 is 5.48 Å². The van der Waals surface area contributed by atoms with Gasteiger partial charge in [-0.25, -0.2) is 35.8 Å². The predicted molar refractivity (Wildman–Crippen MR) is 107 cm³/mol. The summed E-state index contributed by atoms with van der Waals surface area (Å²) < 4.78 is 96.5. The first-order chi connectivity index (χ1) is 16.1. The number of nitrogens with zero attached hydrogens (tertiary/aromatic N) is 2. The SMILES string of the molecule is O=C(NO)c1ccc(CN(CCc2cccnc2)S(=O)(=O)c2cc(F)c(F)c(F)c2F)c(F)c1. The summed E-state index contributed by atoms with van der Waals surface area (Å²) in [6.45, 7) is -1.12. The summed E-state index contributed by atoms with van der Waals surface area (Å²) in [4.78, 5) is 13.9. The molecular formula is C21H16F5N3O4S. The fraction of sp³-hybridized carbons (Fsp3) is 0.143. The second kappa shape index (κ2) is 10.2. The third-order valence-electron chi connectivity index (χ3n) is 4.82. The number of carbonyl (C=O) groups is 1. The predicted octanol–water partition coefficient (Wildman–Crippen LogP) is 3.33. The molecule has 1 heterocycles. The smallest absolute Gasteiger partial charge is 0.274 e. The summed E-state index contributed by atoms with van der Waals surface area (Å²) in [5, 5.41) is 8.66. The van der Waals surface area contributed by atoms with Gasteiger partial charge in [0.2, 0.25) is 10.0 Å². The Morgan fingerprint density at radius 2 is 1.74 bits per heavy atom. The lowest BCUT2D eigenvalue weighted by Crippen LogP contribution is -2.34. The normalized spacial score (nSPS) is 11.6. The molecule has 0 aliphatic heterocycles. The molecular weight excluding hydrogens is 485 g/mol. The van der Waals surface area contributed by atoms with Crippen LogP contribution in [0.5, 0.6) is 0 Å². The summed E-state index contributed by atoms with van der Waals surface area (Å²) in [6.07, 6.45) is 2.90. The van der Waals surface area contributed by atoms with Crippen molar-refractivity contribution in [3.8, 4) is 0 Å². The Bertz CT molecular complexity index is 1320. The van der Waals surface area contributed by atoms with Gasteiger partial charge in [-0.3, -0.25) is 15.0 Å². The Morgan fingerprint density at radius 1 is 1.00 bits per heavy atom. The average Bonchev–Trinajstić information content (AvgIpc) is 2.83. The molecule has 0 saturated carbocycles. The van der Waals surface area contributed by atoms with Gasteiger partial charge in [0.05, 0.1) is 0 Å². The first kappa shape index (κ1) is 25.2. The number of rotatable bonds is 8. The van der Waals surface area contributed by atoms with E-state index in [4.69, 9.17) is 5.21 Å². The van der Waals surface area contributed by atoms with E-state index in [-0.39, 0.29) is 23.6 Å². The standard InChI is InChI=1S/C21H16F5N3O4S/c22-15-8-13(21(30)28-31)3-4-14(15)11-29(7-5-12-2-1-6-27-10-12)34(32,33)17-9-16(23)18(24)20(26)19(17)25/h1-4,6,8-10,31H,5,7,11H2,(H,28,30). The van der Waals surface area contributed by atoms with Crippen LogP contribution in [0.2, 0.25) is 0 Å². The van der Waals surface area contributed by atoms with Crippen LogP contribution in [0.3, 0.4) is 0 Å². The molecule has 0 atom stereocenters. The first-order valence-electron chi connectivity index (χ1n) is 9.51. The minimum absolute atomic E-state index is 0.00515. The van der Waals surface area contributed by atoms with Gasteiger partial charge >= 0.3 is 0 Å². The minimum Gasteiger partial charge on any atom is -0.288 e. The molecule has 0 spiro atoms. The van der Waals surface area contributed by atoms with E-state index in [0.717, 1.165) is 18.2 Å². The van der Waals surface area contributed by atoms with E-state index >= 15 is 0 Å². The highest BCUT2D eigenvalue weighted by Crippen LogP contribution is 2.27. The highest BCUT2D eigenvalue weighted by molar-refractivity contribution is 7.89. The number of pyridine rings is 1. The Hall–Kier alpha value is -3.42. The third-order valence-corrected chi connectivity index (χ3v) is 6.67. The molecule has 0 radical (unpaired) electrons. The van der Waals surface area contributed by atoms with Crippen molar-refractivity contribution >= 4 is 15.9 Å². The number of benzene rings is 2. The molecule has 1 amide bonds. The van der Waals surface area contributed by atoms with Crippen molar-refractivity contribution in [2.75, 3.05) is 6.54 Å². The van der Waals surface area contributed by atoms with Crippen LogP contribution in [-0.2, 0) is 23.0 Å². The van der Waals surface area contributed by atoms with E-state index in [0.29, 0.717) is 9.87 Å². The molecule has 0 saturated heterocycles. The zero-order chi connectivity index (χ0) is 25.0. The van der Waals surface area contributed by atoms with Crippen molar-refractivity contribution in [3.63, 3.8) is 0 Å². The summed E-state index contributed by atoms with van der Waals surface area (Å²) in [6, 6.07) is 6.06.